The predicted molar refractivity (Wildman–Crippen MR) is 76.3 cm³/mol. The first-order chi connectivity index (χ1) is 9.26. The Balaban J connectivity index is 2.35. The molecule has 8 heteroatoms. The number of hydrogen-bond donors (Lipinski definition) is 1. The molecule has 1 unspecified atom stereocenters. The van der Waals surface area contributed by atoms with Gasteiger partial charge >= 0.3 is 0 Å². The largest absolute Gasteiger partial charge is 0.326 e. The Hall–Kier alpha value is -0.960. The van der Waals surface area contributed by atoms with Crippen LogP contribution < -0.4 is 5.73 Å². The van der Waals surface area contributed by atoms with Crippen molar-refractivity contribution in [3.8, 4) is 0 Å². The summed E-state index contributed by atoms with van der Waals surface area (Å²) in [5, 5.41) is 0. The minimum Gasteiger partial charge on any atom is -0.326 e. The summed E-state index contributed by atoms with van der Waals surface area (Å²) in [5.74, 6) is -0.268. The van der Waals surface area contributed by atoms with Crippen molar-refractivity contribution in [3.05, 3.63) is 29.8 Å². The smallest absolute Gasteiger partial charge is 0.243 e. The fraction of sp³-hybridized carbons (Fsp3) is 0.500. The maximum absolute atomic E-state index is 12.6. The number of nitrogens with two attached hydrogens (primary N) is 1. The summed E-state index contributed by atoms with van der Waals surface area (Å²) >= 11 is 0. The monoisotopic (exact) mass is 318 g/mol. The van der Waals surface area contributed by atoms with Gasteiger partial charge in [-0.3, -0.25) is 0 Å². The van der Waals surface area contributed by atoms with E-state index < -0.39 is 25.9 Å². The number of nitrogens with zero attached hydrogens (tertiary/aromatic N) is 1. The third-order valence-corrected chi connectivity index (χ3v) is 7.15. The fourth-order valence-electron chi connectivity index (χ4n) is 2.31. The van der Waals surface area contributed by atoms with Crippen molar-refractivity contribution in [2.24, 2.45) is 5.73 Å². The third kappa shape index (κ3) is 3.03. The second kappa shape index (κ2) is 5.44. The summed E-state index contributed by atoms with van der Waals surface area (Å²) in [6.07, 6.45) is 0. The van der Waals surface area contributed by atoms with Crippen LogP contribution >= 0.6 is 0 Å². The molecule has 0 aromatic heterocycles. The van der Waals surface area contributed by atoms with Gasteiger partial charge in [0.2, 0.25) is 10.0 Å². The first-order valence-electron chi connectivity index (χ1n) is 6.27. The van der Waals surface area contributed by atoms with E-state index in [2.05, 4.69) is 0 Å². The van der Waals surface area contributed by atoms with Crippen LogP contribution in [0.3, 0.4) is 0 Å². The van der Waals surface area contributed by atoms with Gasteiger partial charge in [-0.2, -0.15) is 4.31 Å². The lowest BCUT2D eigenvalue weighted by atomic mass is 10.2. The highest BCUT2D eigenvalue weighted by molar-refractivity contribution is 7.92. The molecule has 1 aromatic rings. The van der Waals surface area contributed by atoms with Crippen LogP contribution in [-0.2, 0) is 26.4 Å². The van der Waals surface area contributed by atoms with E-state index in [0.29, 0.717) is 0 Å². The van der Waals surface area contributed by atoms with Crippen LogP contribution in [0.5, 0.6) is 0 Å². The molecule has 1 saturated heterocycles. The van der Waals surface area contributed by atoms with E-state index in [9.17, 15) is 16.8 Å². The van der Waals surface area contributed by atoms with Gasteiger partial charge in [0.1, 0.15) is 0 Å². The Morgan fingerprint density at radius 1 is 1.40 bits per heavy atom. The highest BCUT2D eigenvalue weighted by atomic mass is 32.2. The van der Waals surface area contributed by atoms with E-state index in [1.165, 1.54) is 16.4 Å². The molecule has 0 saturated carbocycles. The summed E-state index contributed by atoms with van der Waals surface area (Å²) in [6.45, 7) is 1.87. The second-order valence-electron chi connectivity index (χ2n) is 4.93. The molecular weight excluding hydrogens is 300 g/mol. The molecule has 2 rings (SSSR count). The average molecular weight is 318 g/mol. The molecule has 6 nitrogen and oxygen atoms in total. The summed E-state index contributed by atoms with van der Waals surface area (Å²) < 4.78 is 49.5. The number of sulfone groups is 1. The van der Waals surface area contributed by atoms with Crippen LogP contribution in [0.15, 0.2) is 29.2 Å². The lowest BCUT2D eigenvalue weighted by Gasteiger charge is -2.32. The predicted octanol–water partition coefficient (Wildman–Crippen LogP) is -0.0471. The molecule has 1 heterocycles. The van der Waals surface area contributed by atoms with Gasteiger partial charge in [-0.25, -0.2) is 16.8 Å². The lowest BCUT2D eigenvalue weighted by molar-refractivity contribution is 0.357. The van der Waals surface area contributed by atoms with Crippen molar-refractivity contribution in [3.63, 3.8) is 0 Å². The van der Waals surface area contributed by atoms with Crippen molar-refractivity contribution in [2.75, 3.05) is 18.1 Å². The number of sulfonamides is 1. The van der Waals surface area contributed by atoms with Crippen LogP contribution in [0.25, 0.3) is 0 Å². The van der Waals surface area contributed by atoms with Gasteiger partial charge in [-0.1, -0.05) is 12.1 Å². The van der Waals surface area contributed by atoms with E-state index in [4.69, 9.17) is 5.73 Å². The van der Waals surface area contributed by atoms with Gasteiger partial charge in [0.25, 0.3) is 0 Å². The maximum atomic E-state index is 12.6. The minimum atomic E-state index is -3.68. The quantitative estimate of drug-likeness (QED) is 0.843. The third-order valence-electron chi connectivity index (χ3n) is 3.35. The van der Waals surface area contributed by atoms with E-state index >= 15 is 0 Å². The Morgan fingerprint density at radius 2 is 2.10 bits per heavy atom. The van der Waals surface area contributed by atoms with Gasteiger partial charge in [0.05, 0.1) is 16.4 Å². The molecule has 1 aliphatic rings. The van der Waals surface area contributed by atoms with E-state index in [1.807, 2.05) is 0 Å². The van der Waals surface area contributed by atoms with Gasteiger partial charge in [-0.15, -0.1) is 0 Å². The molecule has 0 bridgehead atoms. The zero-order valence-electron chi connectivity index (χ0n) is 11.2. The molecule has 2 N–H and O–H groups in total. The van der Waals surface area contributed by atoms with Crippen LogP contribution in [0, 0.1) is 0 Å². The normalized spacial score (nSPS) is 23.6. The van der Waals surface area contributed by atoms with Crippen LogP contribution in [-0.4, -0.2) is 45.2 Å². The van der Waals surface area contributed by atoms with Gasteiger partial charge < -0.3 is 5.73 Å². The molecule has 20 heavy (non-hydrogen) atoms. The Bertz CT molecular complexity index is 698. The molecule has 1 aromatic carbocycles. The van der Waals surface area contributed by atoms with Crippen molar-refractivity contribution in [1.29, 1.82) is 0 Å². The van der Waals surface area contributed by atoms with E-state index in [0.717, 1.165) is 5.56 Å². The minimum absolute atomic E-state index is 0.00130. The van der Waals surface area contributed by atoms with E-state index in [1.54, 1.807) is 19.1 Å². The first-order valence-corrected chi connectivity index (χ1v) is 9.54. The molecule has 0 radical (unpaired) electrons. The zero-order valence-corrected chi connectivity index (χ0v) is 12.8. The number of hydrogen-bond acceptors (Lipinski definition) is 5. The summed E-state index contributed by atoms with van der Waals surface area (Å²) in [6, 6.07) is 5.87. The Kier molecular flexibility index (Phi) is 4.19. The SMILES string of the molecule is CC1CS(=O)(=O)CCN1S(=O)(=O)c1cccc(CN)c1. The van der Waals surface area contributed by atoms with Gasteiger partial charge in [0, 0.05) is 19.1 Å². The topological polar surface area (TPSA) is 97.5 Å². The van der Waals surface area contributed by atoms with Crippen LogP contribution in [0.4, 0.5) is 0 Å². The highest BCUT2D eigenvalue weighted by Gasteiger charge is 2.36. The standard InChI is InChI=1S/C12H18N2O4S2/c1-10-9-19(15,16)6-5-14(10)20(17,18)12-4-2-3-11(7-12)8-13/h2-4,7,10H,5-6,8-9,13H2,1H3. The second-order valence-corrected chi connectivity index (χ2v) is 9.05. The van der Waals surface area contributed by atoms with Crippen LogP contribution in [0.1, 0.15) is 12.5 Å². The molecular formula is C12H18N2O4S2. The fourth-order valence-corrected chi connectivity index (χ4v) is 5.78. The van der Waals surface area contributed by atoms with Crippen molar-refractivity contribution < 1.29 is 16.8 Å². The lowest BCUT2D eigenvalue weighted by Crippen LogP contribution is -2.49. The van der Waals surface area contributed by atoms with Crippen molar-refractivity contribution in [1.82, 2.24) is 4.31 Å². The molecule has 1 aliphatic heterocycles. The summed E-state index contributed by atoms with van der Waals surface area (Å²) in [7, 11) is -6.83. The molecule has 0 amide bonds. The maximum Gasteiger partial charge on any atom is 0.243 e. The highest BCUT2D eigenvalue weighted by Crippen LogP contribution is 2.22. The molecule has 112 valence electrons. The first kappa shape index (κ1) is 15.4. The molecule has 1 fully saturated rings. The van der Waals surface area contributed by atoms with Crippen molar-refractivity contribution >= 4 is 19.9 Å². The molecule has 0 spiro atoms. The molecule has 1 atom stereocenters. The number of rotatable bonds is 3. The van der Waals surface area contributed by atoms with Gasteiger partial charge in [0.15, 0.2) is 9.84 Å². The number of benzene rings is 1. The summed E-state index contributed by atoms with van der Waals surface area (Å²) in [5.41, 5.74) is 6.24. The Morgan fingerprint density at radius 3 is 2.70 bits per heavy atom. The van der Waals surface area contributed by atoms with Crippen molar-refractivity contribution in [2.45, 2.75) is 24.4 Å². The van der Waals surface area contributed by atoms with Crippen LogP contribution in [0.2, 0.25) is 0 Å². The Labute approximate surface area is 119 Å². The zero-order chi connectivity index (χ0) is 15.0. The average Bonchev–Trinajstić information content (AvgIpc) is 2.37. The molecule has 0 aliphatic carbocycles. The van der Waals surface area contributed by atoms with Gasteiger partial charge in [-0.05, 0) is 24.6 Å². The summed E-state index contributed by atoms with van der Waals surface area (Å²) in [4.78, 5) is 0.159. The van der Waals surface area contributed by atoms with E-state index in [-0.39, 0.29) is 29.5 Å².